The van der Waals surface area contributed by atoms with Gasteiger partial charge in [-0.3, -0.25) is 4.72 Å². The summed E-state index contributed by atoms with van der Waals surface area (Å²) in [6.07, 6.45) is 0. The maximum Gasteiger partial charge on any atom is 0.296 e. The summed E-state index contributed by atoms with van der Waals surface area (Å²) in [5.74, 6) is 0. The Kier molecular flexibility index (Phi) is 2.65. The molecule has 0 radical (unpaired) electrons. The molecular weight excluding hydrogens is 214 g/mol. The molecule has 0 aliphatic heterocycles. The first-order chi connectivity index (χ1) is 5.88. The minimum atomic E-state index is -3.76. The van der Waals surface area contributed by atoms with Gasteiger partial charge in [-0.2, -0.15) is 8.42 Å². The first kappa shape index (κ1) is 10.1. The zero-order valence-corrected chi connectivity index (χ0v) is 8.06. The summed E-state index contributed by atoms with van der Waals surface area (Å²) >= 11 is 5.64. The molecule has 72 valence electrons. The van der Waals surface area contributed by atoms with Gasteiger partial charge < -0.3 is 5.73 Å². The summed E-state index contributed by atoms with van der Waals surface area (Å²) in [6.45, 7) is 0. The maximum absolute atomic E-state index is 10.6. The number of anilines is 2. The summed E-state index contributed by atoms with van der Waals surface area (Å²) in [7, 11) is -3.76. The zero-order chi connectivity index (χ0) is 10.1. The Bertz CT molecular complexity index is 418. The smallest absolute Gasteiger partial charge is 0.296 e. The second-order valence-corrected chi connectivity index (χ2v) is 4.08. The lowest BCUT2D eigenvalue weighted by Crippen LogP contribution is -2.21. The van der Waals surface area contributed by atoms with Crippen LogP contribution < -0.4 is 15.6 Å². The van der Waals surface area contributed by atoms with Crippen LogP contribution >= 0.6 is 11.6 Å². The lowest BCUT2D eigenvalue weighted by Gasteiger charge is -2.04. The quantitative estimate of drug-likeness (QED) is 0.636. The normalized spacial score (nSPS) is 11.2. The standard InChI is InChI=1S/C6H8ClN3O2S/c7-5-3-4(1-2-6(5)8)10-13(9,11)12/h1-3,10H,8H2,(H2,9,11,12). The Morgan fingerprint density at radius 3 is 2.46 bits per heavy atom. The van der Waals surface area contributed by atoms with Crippen LogP contribution in [0.3, 0.4) is 0 Å². The lowest BCUT2D eigenvalue weighted by molar-refractivity contribution is 0.603. The molecule has 1 aromatic carbocycles. The van der Waals surface area contributed by atoms with Gasteiger partial charge in [-0.25, -0.2) is 5.14 Å². The topological polar surface area (TPSA) is 98.2 Å². The largest absolute Gasteiger partial charge is 0.398 e. The summed E-state index contributed by atoms with van der Waals surface area (Å²) in [5, 5.41) is 5.01. The Hall–Kier alpha value is -0.980. The van der Waals surface area contributed by atoms with Crippen molar-refractivity contribution < 1.29 is 8.42 Å². The molecule has 0 unspecified atom stereocenters. The van der Waals surface area contributed by atoms with E-state index < -0.39 is 10.2 Å². The van der Waals surface area contributed by atoms with Gasteiger partial charge in [0.1, 0.15) is 0 Å². The van der Waals surface area contributed by atoms with E-state index in [1.807, 2.05) is 0 Å². The molecule has 13 heavy (non-hydrogen) atoms. The van der Waals surface area contributed by atoms with Crippen LogP contribution in [0.25, 0.3) is 0 Å². The molecule has 0 spiro atoms. The van der Waals surface area contributed by atoms with Crippen LogP contribution in [-0.2, 0) is 10.2 Å². The van der Waals surface area contributed by atoms with Crippen molar-refractivity contribution in [2.75, 3.05) is 10.5 Å². The fourth-order valence-corrected chi connectivity index (χ4v) is 1.39. The van der Waals surface area contributed by atoms with E-state index in [1.54, 1.807) is 0 Å². The minimum Gasteiger partial charge on any atom is -0.398 e. The van der Waals surface area contributed by atoms with Crippen LogP contribution in [0.4, 0.5) is 11.4 Å². The SMILES string of the molecule is Nc1ccc(NS(N)(=O)=O)cc1Cl. The molecule has 0 fully saturated rings. The maximum atomic E-state index is 10.6. The molecule has 0 saturated heterocycles. The number of rotatable bonds is 2. The minimum absolute atomic E-state index is 0.272. The first-order valence-electron chi connectivity index (χ1n) is 3.24. The lowest BCUT2D eigenvalue weighted by atomic mass is 10.3. The van der Waals surface area contributed by atoms with Crippen LogP contribution in [0.5, 0.6) is 0 Å². The summed E-state index contributed by atoms with van der Waals surface area (Å²) in [5.41, 5.74) is 6.07. The molecule has 5 N–H and O–H groups in total. The van der Waals surface area contributed by atoms with Crippen LogP contribution in [-0.4, -0.2) is 8.42 Å². The highest BCUT2D eigenvalue weighted by Gasteiger charge is 2.03. The van der Waals surface area contributed by atoms with E-state index in [0.29, 0.717) is 5.69 Å². The Morgan fingerprint density at radius 1 is 1.38 bits per heavy atom. The molecule has 1 rings (SSSR count). The Labute approximate surface area is 80.9 Å². The van der Waals surface area contributed by atoms with Gasteiger partial charge >= 0.3 is 0 Å². The molecule has 0 heterocycles. The summed E-state index contributed by atoms with van der Waals surface area (Å²) in [6, 6.07) is 4.32. The fourth-order valence-electron chi connectivity index (χ4n) is 0.755. The van der Waals surface area contributed by atoms with Crippen molar-refractivity contribution in [3.63, 3.8) is 0 Å². The zero-order valence-electron chi connectivity index (χ0n) is 6.49. The number of hydrogen-bond donors (Lipinski definition) is 3. The van der Waals surface area contributed by atoms with Gasteiger partial charge in [0.2, 0.25) is 0 Å². The van der Waals surface area contributed by atoms with Crippen molar-refractivity contribution in [3.05, 3.63) is 23.2 Å². The van der Waals surface area contributed by atoms with Crippen molar-refractivity contribution in [1.29, 1.82) is 0 Å². The average molecular weight is 222 g/mol. The first-order valence-corrected chi connectivity index (χ1v) is 5.16. The highest BCUT2D eigenvalue weighted by atomic mass is 35.5. The number of nitrogens with two attached hydrogens (primary N) is 2. The van der Waals surface area contributed by atoms with E-state index in [4.69, 9.17) is 22.5 Å². The molecule has 0 bridgehead atoms. The molecule has 5 nitrogen and oxygen atoms in total. The molecule has 0 saturated carbocycles. The third-order valence-corrected chi connectivity index (χ3v) is 2.11. The molecule has 7 heteroatoms. The molecule has 0 aliphatic rings. The molecule has 1 aromatic rings. The molecule has 0 amide bonds. The highest BCUT2D eigenvalue weighted by molar-refractivity contribution is 7.90. The second-order valence-electron chi connectivity index (χ2n) is 2.38. The summed E-state index contributed by atoms with van der Waals surface area (Å²) < 4.78 is 23.2. The number of nitrogen functional groups attached to an aromatic ring is 1. The predicted octanol–water partition coefficient (Wildman–Crippen LogP) is 0.538. The van der Waals surface area contributed by atoms with Crippen molar-refractivity contribution in [2.24, 2.45) is 5.14 Å². The third kappa shape index (κ3) is 3.10. The number of halogens is 1. The van der Waals surface area contributed by atoms with Gasteiger partial charge in [0.05, 0.1) is 16.4 Å². The molecule has 0 aromatic heterocycles. The average Bonchev–Trinajstić information content (AvgIpc) is 1.94. The van der Waals surface area contributed by atoms with Gasteiger partial charge in [-0.15, -0.1) is 0 Å². The Morgan fingerprint density at radius 2 is 2.00 bits per heavy atom. The Balaban J connectivity index is 2.99. The van der Waals surface area contributed by atoms with Crippen LogP contribution in [0.2, 0.25) is 5.02 Å². The van der Waals surface area contributed by atoms with E-state index in [0.717, 1.165) is 0 Å². The van der Waals surface area contributed by atoms with Crippen LogP contribution in [0.1, 0.15) is 0 Å². The molecule has 0 aliphatic carbocycles. The number of benzene rings is 1. The third-order valence-electron chi connectivity index (χ3n) is 1.26. The molecule has 0 atom stereocenters. The predicted molar refractivity (Wildman–Crippen MR) is 52.6 cm³/mol. The van der Waals surface area contributed by atoms with E-state index in [2.05, 4.69) is 4.72 Å². The van der Waals surface area contributed by atoms with Gasteiger partial charge in [-0.05, 0) is 18.2 Å². The van der Waals surface area contributed by atoms with Gasteiger partial charge in [-0.1, -0.05) is 11.6 Å². The van der Waals surface area contributed by atoms with E-state index in [1.165, 1.54) is 18.2 Å². The van der Waals surface area contributed by atoms with Crippen molar-refractivity contribution in [3.8, 4) is 0 Å². The van der Waals surface area contributed by atoms with Crippen molar-refractivity contribution in [1.82, 2.24) is 0 Å². The second kappa shape index (κ2) is 3.41. The van der Waals surface area contributed by atoms with Gasteiger partial charge in [0.25, 0.3) is 10.2 Å². The molecular formula is C6H8ClN3O2S. The van der Waals surface area contributed by atoms with Gasteiger partial charge in [0.15, 0.2) is 0 Å². The van der Waals surface area contributed by atoms with E-state index in [9.17, 15) is 8.42 Å². The highest BCUT2D eigenvalue weighted by Crippen LogP contribution is 2.22. The number of hydrogen-bond acceptors (Lipinski definition) is 3. The van der Waals surface area contributed by atoms with Crippen LogP contribution in [0, 0.1) is 0 Å². The van der Waals surface area contributed by atoms with Crippen molar-refractivity contribution in [2.45, 2.75) is 0 Å². The van der Waals surface area contributed by atoms with Crippen molar-refractivity contribution >= 4 is 33.2 Å². The van der Waals surface area contributed by atoms with E-state index in [-0.39, 0.29) is 10.7 Å². The summed E-state index contributed by atoms with van der Waals surface area (Å²) in [4.78, 5) is 0. The fraction of sp³-hybridized carbons (Fsp3) is 0. The van der Waals surface area contributed by atoms with Crippen LogP contribution in [0.15, 0.2) is 18.2 Å². The number of nitrogens with one attached hydrogen (secondary N) is 1. The van der Waals surface area contributed by atoms with E-state index >= 15 is 0 Å². The van der Waals surface area contributed by atoms with Gasteiger partial charge in [0, 0.05) is 0 Å². The monoisotopic (exact) mass is 221 g/mol.